The number of ether oxygens (including phenoxy) is 1. The molecule has 10 heteroatoms. The Morgan fingerprint density at radius 3 is 2.65 bits per heavy atom. The predicted octanol–water partition coefficient (Wildman–Crippen LogP) is 4.93. The van der Waals surface area contributed by atoms with Gasteiger partial charge in [0.05, 0.1) is 11.7 Å². The van der Waals surface area contributed by atoms with Crippen LogP contribution in [0.4, 0.5) is 18.0 Å². The zero-order valence-corrected chi connectivity index (χ0v) is 22.7. The molecule has 2 amide bonds. The summed E-state index contributed by atoms with van der Waals surface area (Å²) >= 11 is 0. The van der Waals surface area contributed by atoms with Crippen LogP contribution in [0.25, 0.3) is 11.3 Å². The monoisotopic (exact) mass is 555 g/mol. The minimum Gasteiger partial charge on any atom is -0.381 e. The fourth-order valence-electron chi connectivity index (χ4n) is 5.74. The van der Waals surface area contributed by atoms with E-state index in [1.807, 2.05) is 41.8 Å². The van der Waals surface area contributed by atoms with Gasteiger partial charge in [-0.05, 0) is 49.4 Å². The highest BCUT2D eigenvalue weighted by atomic mass is 19.1. The molecule has 3 aromatic rings. The standard InChI is InChI=1S/C30H36F3N5O2/c1-2-35-30(39)38(18-22-15-34-16-26(22)33)28(21-10-12-40-13-11-21)29-36-27(24-14-23(31)8-9-25(24)32)19-37(29)17-20-6-4-3-5-7-20/h3-9,14,19,21-22,26,28,34H,2,10-13,15-18H2,1H3,(H,35,39). The highest BCUT2D eigenvalue weighted by Gasteiger charge is 2.40. The molecule has 0 bridgehead atoms. The maximum atomic E-state index is 14.9. The minimum absolute atomic E-state index is 0.0223. The maximum Gasteiger partial charge on any atom is 0.318 e. The summed E-state index contributed by atoms with van der Waals surface area (Å²) in [6.07, 6.45) is 2.01. The fraction of sp³-hybridized carbons (Fsp3) is 0.467. The molecule has 2 aliphatic rings. The third-order valence-electron chi connectivity index (χ3n) is 7.80. The van der Waals surface area contributed by atoms with Crippen LogP contribution in [0, 0.1) is 23.5 Å². The number of alkyl halides is 1. The summed E-state index contributed by atoms with van der Waals surface area (Å²) < 4.78 is 51.5. The molecule has 1 aromatic heterocycles. The van der Waals surface area contributed by atoms with Crippen molar-refractivity contribution in [2.24, 2.45) is 11.8 Å². The number of carbonyl (C=O) groups is 1. The summed E-state index contributed by atoms with van der Waals surface area (Å²) in [6, 6.07) is 12.2. The molecular formula is C30H36F3N5O2. The number of halogens is 3. The number of amides is 2. The predicted molar refractivity (Wildman–Crippen MR) is 146 cm³/mol. The zero-order chi connectivity index (χ0) is 28.1. The van der Waals surface area contributed by atoms with Gasteiger partial charge in [-0.2, -0.15) is 0 Å². The van der Waals surface area contributed by atoms with Crippen molar-refractivity contribution in [1.29, 1.82) is 0 Å². The Kier molecular flexibility index (Phi) is 9.06. The number of nitrogens with one attached hydrogen (secondary N) is 2. The van der Waals surface area contributed by atoms with Crippen molar-refractivity contribution < 1.29 is 22.7 Å². The molecular weight excluding hydrogens is 519 g/mol. The van der Waals surface area contributed by atoms with Crippen LogP contribution in [0.5, 0.6) is 0 Å². The van der Waals surface area contributed by atoms with Crippen molar-refractivity contribution in [3.63, 3.8) is 0 Å². The van der Waals surface area contributed by atoms with Crippen LogP contribution in [-0.2, 0) is 11.3 Å². The second kappa shape index (κ2) is 12.9. The van der Waals surface area contributed by atoms with Crippen LogP contribution < -0.4 is 10.6 Å². The average Bonchev–Trinajstić information content (AvgIpc) is 3.56. The third kappa shape index (κ3) is 6.33. The Labute approximate surface area is 232 Å². The van der Waals surface area contributed by atoms with Gasteiger partial charge in [-0.15, -0.1) is 0 Å². The molecule has 2 N–H and O–H groups in total. The molecule has 0 spiro atoms. The summed E-state index contributed by atoms with van der Waals surface area (Å²) in [6.45, 7) is 4.66. The lowest BCUT2D eigenvalue weighted by Gasteiger charge is -2.39. The minimum atomic E-state index is -1.08. The van der Waals surface area contributed by atoms with Gasteiger partial charge in [0.2, 0.25) is 0 Å². The molecule has 40 heavy (non-hydrogen) atoms. The van der Waals surface area contributed by atoms with E-state index >= 15 is 0 Å². The molecule has 2 fully saturated rings. The lowest BCUT2D eigenvalue weighted by molar-refractivity contribution is 0.0259. The summed E-state index contributed by atoms with van der Waals surface area (Å²) in [5.41, 5.74) is 1.32. The molecule has 0 radical (unpaired) electrons. The number of rotatable bonds is 9. The Morgan fingerprint density at radius 1 is 1.18 bits per heavy atom. The van der Waals surface area contributed by atoms with Crippen molar-refractivity contribution in [1.82, 2.24) is 25.1 Å². The number of hydrogen-bond acceptors (Lipinski definition) is 4. The molecule has 0 saturated carbocycles. The van der Waals surface area contributed by atoms with Gasteiger partial charge < -0.3 is 24.8 Å². The van der Waals surface area contributed by atoms with Gasteiger partial charge in [0, 0.05) is 63.6 Å². The molecule has 0 aliphatic carbocycles. The molecule has 7 nitrogen and oxygen atoms in total. The van der Waals surface area contributed by atoms with Gasteiger partial charge in [-0.1, -0.05) is 30.3 Å². The van der Waals surface area contributed by atoms with Crippen LogP contribution >= 0.6 is 0 Å². The number of benzene rings is 2. The molecule has 214 valence electrons. The zero-order valence-electron chi connectivity index (χ0n) is 22.7. The second-order valence-electron chi connectivity index (χ2n) is 10.5. The highest BCUT2D eigenvalue weighted by Crippen LogP contribution is 2.38. The summed E-state index contributed by atoms with van der Waals surface area (Å²) in [7, 11) is 0. The largest absolute Gasteiger partial charge is 0.381 e. The number of carbonyl (C=O) groups excluding carboxylic acids is 1. The number of nitrogens with zero attached hydrogens (tertiary/aromatic N) is 3. The van der Waals surface area contributed by atoms with Crippen molar-refractivity contribution >= 4 is 6.03 Å². The first-order chi connectivity index (χ1) is 19.4. The van der Waals surface area contributed by atoms with Gasteiger partial charge in [0.15, 0.2) is 0 Å². The van der Waals surface area contributed by atoms with E-state index in [1.54, 1.807) is 11.1 Å². The molecule has 2 aromatic carbocycles. The van der Waals surface area contributed by atoms with Crippen LogP contribution in [-0.4, -0.2) is 66.0 Å². The Bertz CT molecular complexity index is 1280. The van der Waals surface area contributed by atoms with Crippen LogP contribution in [0.2, 0.25) is 0 Å². The lowest BCUT2D eigenvalue weighted by Crippen LogP contribution is -2.49. The van der Waals surface area contributed by atoms with Gasteiger partial charge in [-0.3, -0.25) is 0 Å². The first kappa shape index (κ1) is 28.2. The molecule has 3 unspecified atom stereocenters. The van der Waals surface area contributed by atoms with E-state index in [1.165, 1.54) is 0 Å². The fourth-order valence-corrected chi connectivity index (χ4v) is 5.74. The van der Waals surface area contributed by atoms with Crippen LogP contribution in [0.1, 0.15) is 37.2 Å². The number of urea groups is 1. The number of imidazole rings is 1. The number of hydrogen-bond donors (Lipinski definition) is 2. The molecule has 2 saturated heterocycles. The van der Waals surface area contributed by atoms with Gasteiger partial charge >= 0.3 is 6.03 Å². The highest BCUT2D eigenvalue weighted by molar-refractivity contribution is 5.74. The van der Waals surface area contributed by atoms with Crippen molar-refractivity contribution in [3.8, 4) is 11.3 Å². The Morgan fingerprint density at radius 2 is 1.95 bits per heavy atom. The Hall–Kier alpha value is -3.37. The van der Waals surface area contributed by atoms with Crippen molar-refractivity contribution in [3.05, 3.63) is 77.8 Å². The molecule has 3 heterocycles. The van der Waals surface area contributed by atoms with Crippen molar-refractivity contribution in [2.45, 2.75) is 38.5 Å². The normalized spacial score (nSPS) is 20.4. The first-order valence-corrected chi connectivity index (χ1v) is 14.0. The van der Waals surface area contributed by atoms with E-state index in [4.69, 9.17) is 9.72 Å². The lowest BCUT2D eigenvalue weighted by atomic mass is 9.89. The van der Waals surface area contributed by atoms with Crippen LogP contribution in [0.15, 0.2) is 54.7 Å². The topological polar surface area (TPSA) is 71.4 Å². The van der Waals surface area contributed by atoms with Gasteiger partial charge in [0.1, 0.15) is 23.6 Å². The molecule has 5 rings (SSSR count). The first-order valence-electron chi connectivity index (χ1n) is 14.0. The average molecular weight is 556 g/mol. The maximum absolute atomic E-state index is 14.9. The van der Waals surface area contributed by atoms with E-state index in [0.717, 1.165) is 23.8 Å². The summed E-state index contributed by atoms with van der Waals surface area (Å²) in [4.78, 5) is 20.2. The van der Waals surface area contributed by atoms with E-state index in [0.29, 0.717) is 51.5 Å². The molecule has 3 atom stereocenters. The van der Waals surface area contributed by atoms with Crippen LogP contribution in [0.3, 0.4) is 0 Å². The SMILES string of the molecule is CCNC(=O)N(CC1CNCC1F)C(c1nc(-c2cc(F)ccc2F)cn1Cc1ccccc1)C1CCOCC1. The summed E-state index contributed by atoms with van der Waals surface area (Å²) in [5.74, 6) is -0.989. The number of aromatic nitrogens is 2. The smallest absolute Gasteiger partial charge is 0.318 e. The van der Waals surface area contributed by atoms with Gasteiger partial charge in [0.25, 0.3) is 0 Å². The second-order valence-corrected chi connectivity index (χ2v) is 10.5. The quantitative estimate of drug-likeness (QED) is 0.393. The van der Waals surface area contributed by atoms with E-state index in [-0.39, 0.29) is 42.2 Å². The third-order valence-corrected chi connectivity index (χ3v) is 7.80. The van der Waals surface area contributed by atoms with Crippen molar-refractivity contribution in [2.75, 3.05) is 39.4 Å². The Balaban J connectivity index is 1.64. The molecule has 2 aliphatic heterocycles. The van der Waals surface area contributed by atoms with E-state index < -0.39 is 23.8 Å². The van der Waals surface area contributed by atoms with Gasteiger partial charge in [-0.25, -0.2) is 22.9 Å². The van der Waals surface area contributed by atoms with E-state index in [2.05, 4.69) is 10.6 Å². The van der Waals surface area contributed by atoms with E-state index in [9.17, 15) is 18.0 Å². The summed E-state index contributed by atoms with van der Waals surface area (Å²) in [5, 5.41) is 6.00.